The van der Waals surface area contributed by atoms with Crippen LogP contribution < -0.4 is 4.74 Å². The molecule has 0 aliphatic carbocycles. The molecule has 164 valence electrons. The van der Waals surface area contributed by atoms with Crippen LogP contribution >= 0.6 is 0 Å². The van der Waals surface area contributed by atoms with Crippen molar-refractivity contribution in [3.63, 3.8) is 0 Å². The van der Waals surface area contributed by atoms with E-state index in [1.165, 1.54) is 5.56 Å². The maximum Gasteiger partial charge on any atom is 0.490 e. The highest BCUT2D eigenvalue weighted by Crippen LogP contribution is 2.32. The average Bonchev–Trinajstić information content (AvgIpc) is 3.33. The zero-order valence-corrected chi connectivity index (χ0v) is 16.5. The highest BCUT2D eigenvalue weighted by molar-refractivity contribution is 5.81. The Labute approximate surface area is 179 Å². The van der Waals surface area contributed by atoms with E-state index in [1.54, 1.807) is 0 Å². The Kier molecular flexibility index (Phi) is 5.76. The van der Waals surface area contributed by atoms with Gasteiger partial charge in [-0.15, -0.1) is 0 Å². The minimum atomic E-state index is -5.08. The van der Waals surface area contributed by atoms with Gasteiger partial charge in [0.15, 0.2) is 0 Å². The maximum absolute atomic E-state index is 10.6. The number of nitrogens with one attached hydrogen (secondary N) is 1. The summed E-state index contributed by atoms with van der Waals surface area (Å²) in [5.74, 6) is -1.55. The molecule has 2 N–H and O–H groups in total. The molecular weight excluding hydrogens is 425 g/mol. The van der Waals surface area contributed by atoms with Crippen molar-refractivity contribution < 1.29 is 27.8 Å². The van der Waals surface area contributed by atoms with Crippen LogP contribution in [0.4, 0.5) is 13.2 Å². The summed E-state index contributed by atoms with van der Waals surface area (Å²) in [6.45, 7) is 0.638. The highest BCUT2D eigenvalue weighted by atomic mass is 19.4. The number of hydrogen-bond donors (Lipinski definition) is 2. The summed E-state index contributed by atoms with van der Waals surface area (Å²) >= 11 is 0. The largest absolute Gasteiger partial charge is 0.493 e. The summed E-state index contributed by atoms with van der Waals surface area (Å²) in [6.07, 6.45) is 1.41. The van der Waals surface area contributed by atoms with Crippen molar-refractivity contribution in [2.75, 3.05) is 6.61 Å². The quantitative estimate of drug-likeness (QED) is 0.478. The van der Waals surface area contributed by atoms with E-state index in [0.29, 0.717) is 6.61 Å². The van der Waals surface area contributed by atoms with E-state index in [2.05, 4.69) is 27.3 Å². The lowest BCUT2D eigenvalue weighted by Crippen LogP contribution is -2.21. The van der Waals surface area contributed by atoms with E-state index in [4.69, 9.17) is 19.6 Å². The number of aliphatic carboxylic acids is 1. The predicted molar refractivity (Wildman–Crippen MR) is 109 cm³/mol. The molecule has 0 saturated carbocycles. The molecular formula is C22H17F3N4O3. The smallest absolute Gasteiger partial charge is 0.490 e. The summed E-state index contributed by atoms with van der Waals surface area (Å²) < 4.78 is 37.6. The summed E-state index contributed by atoms with van der Waals surface area (Å²) in [4.78, 5) is 18.4. The van der Waals surface area contributed by atoms with Gasteiger partial charge >= 0.3 is 12.1 Å². The first kappa shape index (κ1) is 21.3. The molecule has 2 aromatic heterocycles. The van der Waals surface area contributed by atoms with Crippen LogP contribution in [0.2, 0.25) is 0 Å². The van der Waals surface area contributed by atoms with Gasteiger partial charge in [-0.05, 0) is 35.7 Å². The number of halogens is 3. The number of H-pyrrole nitrogens is 1. The second-order valence-electron chi connectivity index (χ2n) is 7.11. The van der Waals surface area contributed by atoms with E-state index >= 15 is 0 Å². The standard InChI is InChI=1S/C20H16N4O.C2HF3O2/c1-2-4-20-14(3-1)7-15(12-25-20)19-11-21-17-6-5-13(8-18(17)24-19)16-9-22-23-10-16;3-2(4,5)1(6)7/h1-6,8-11,15H,7,12H2,(H,22,23);(H,6,7). The van der Waals surface area contributed by atoms with Crippen molar-refractivity contribution in [1.29, 1.82) is 0 Å². The second kappa shape index (κ2) is 8.66. The van der Waals surface area contributed by atoms with Crippen LogP contribution in [0, 0.1) is 0 Å². The van der Waals surface area contributed by atoms with Crippen molar-refractivity contribution in [2.24, 2.45) is 0 Å². The number of fused-ring (bicyclic) bond motifs is 2. The van der Waals surface area contributed by atoms with Crippen molar-refractivity contribution >= 4 is 17.0 Å². The number of carbonyl (C=O) groups is 1. The topological polar surface area (TPSA) is 101 Å². The zero-order chi connectivity index (χ0) is 22.7. The minimum Gasteiger partial charge on any atom is -0.493 e. The van der Waals surface area contributed by atoms with E-state index in [1.807, 2.05) is 48.9 Å². The molecule has 7 nitrogen and oxygen atoms in total. The zero-order valence-electron chi connectivity index (χ0n) is 16.5. The lowest BCUT2D eigenvalue weighted by Gasteiger charge is -2.24. The summed E-state index contributed by atoms with van der Waals surface area (Å²) in [7, 11) is 0. The number of carboxylic acids is 1. The van der Waals surface area contributed by atoms with Crippen LogP contribution in [-0.2, 0) is 11.2 Å². The molecule has 10 heteroatoms. The highest BCUT2D eigenvalue weighted by Gasteiger charge is 2.38. The molecule has 4 aromatic rings. The van der Waals surface area contributed by atoms with Gasteiger partial charge in [0.2, 0.25) is 0 Å². The summed E-state index contributed by atoms with van der Waals surface area (Å²) in [5, 5.41) is 14.0. The fraction of sp³-hybridized carbons (Fsp3) is 0.182. The van der Waals surface area contributed by atoms with Gasteiger partial charge in [-0.25, -0.2) is 9.78 Å². The first-order valence-corrected chi connectivity index (χ1v) is 9.58. The molecule has 5 rings (SSSR count). The molecule has 0 radical (unpaired) electrons. The minimum absolute atomic E-state index is 0.226. The molecule has 0 fully saturated rings. The SMILES string of the molecule is O=C(O)C(F)(F)F.c1ccc2c(c1)CC(c1cnc3ccc(-c4cn[nH]c4)cc3n1)CO2. The predicted octanol–water partition coefficient (Wildman–Crippen LogP) is 4.37. The van der Waals surface area contributed by atoms with E-state index < -0.39 is 12.1 Å². The fourth-order valence-electron chi connectivity index (χ4n) is 3.33. The Morgan fingerprint density at radius 1 is 1.09 bits per heavy atom. The Morgan fingerprint density at radius 3 is 2.59 bits per heavy atom. The lowest BCUT2D eigenvalue weighted by atomic mass is 9.94. The van der Waals surface area contributed by atoms with Gasteiger partial charge in [-0.3, -0.25) is 10.1 Å². The monoisotopic (exact) mass is 442 g/mol. The van der Waals surface area contributed by atoms with E-state index in [-0.39, 0.29) is 5.92 Å². The van der Waals surface area contributed by atoms with E-state index in [0.717, 1.165) is 40.0 Å². The Bertz CT molecular complexity index is 1240. The third-order valence-corrected chi connectivity index (χ3v) is 4.93. The Morgan fingerprint density at radius 2 is 1.88 bits per heavy atom. The lowest BCUT2D eigenvalue weighted by molar-refractivity contribution is -0.192. The van der Waals surface area contributed by atoms with Gasteiger partial charge in [0, 0.05) is 23.9 Å². The van der Waals surface area contributed by atoms with Gasteiger partial charge in [0.05, 0.1) is 29.5 Å². The van der Waals surface area contributed by atoms with Crippen molar-refractivity contribution in [3.05, 3.63) is 72.3 Å². The van der Waals surface area contributed by atoms with Crippen LogP contribution in [0.1, 0.15) is 17.2 Å². The van der Waals surface area contributed by atoms with Crippen LogP contribution in [0.5, 0.6) is 5.75 Å². The van der Waals surface area contributed by atoms with Gasteiger partial charge in [0.1, 0.15) is 5.75 Å². The number of ether oxygens (including phenoxy) is 1. The fourth-order valence-corrected chi connectivity index (χ4v) is 3.33. The van der Waals surface area contributed by atoms with Gasteiger partial charge < -0.3 is 9.84 Å². The third-order valence-electron chi connectivity index (χ3n) is 4.93. The van der Waals surface area contributed by atoms with Crippen LogP contribution in [-0.4, -0.2) is 44.0 Å². The van der Waals surface area contributed by atoms with Crippen LogP contribution in [0.15, 0.2) is 61.1 Å². The third kappa shape index (κ3) is 4.69. The molecule has 0 saturated heterocycles. The normalized spacial score (nSPS) is 15.3. The maximum atomic E-state index is 10.6. The number of rotatable bonds is 2. The molecule has 1 unspecified atom stereocenters. The first-order valence-electron chi connectivity index (χ1n) is 9.58. The van der Waals surface area contributed by atoms with Crippen molar-refractivity contribution in [2.45, 2.75) is 18.5 Å². The molecule has 1 atom stereocenters. The Hall–Kier alpha value is -3.95. The number of carboxylic acid groups (broad SMARTS) is 1. The molecule has 2 aromatic carbocycles. The molecule has 32 heavy (non-hydrogen) atoms. The second-order valence-corrected chi connectivity index (χ2v) is 7.11. The molecule has 1 aliphatic rings. The van der Waals surface area contributed by atoms with E-state index in [9.17, 15) is 13.2 Å². The number of aromatic nitrogens is 4. The number of hydrogen-bond acceptors (Lipinski definition) is 5. The Balaban J connectivity index is 0.000000307. The average molecular weight is 442 g/mol. The summed E-state index contributed by atoms with van der Waals surface area (Å²) in [6, 6.07) is 14.3. The van der Waals surface area contributed by atoms with Crippen molar-refractivity contribution in [1.82, 2.24) is 20.2 Å². The van der Waals surface area contributed by atoms with Gasteiger partial charge in [-0.1, -0.05) is 24.3 Å². The molecule has 0 bridgehead atoms. The van der Waals surface area contributed by atoms with Gasteiger partial charge in [-0.2, -0.15) is 18.3 Å². The number of nitrogens with zero attached hydrogens (tertiary/aromatic N) is 3. The van der Waals surface area contributed by atoms with Gasteiger partial charge in [0.25, 0.3) is 0 Å². The molecule has 3 heterocycles. The molecule has 0 spiro atoms. The summed E-state index contributed by atoms with van der Waals surface area (Å²) in [5.41, 5.74) is 6.13. The van der Waals surface area contributed by atoms with Crippen LogP contribution in [0.25, 0.3) is 22.2 Å². The molecule has 0 amide bonds. The number of aromatic amines is 1. The molecule has 1 aliphatic heterocycles. The first-order chi connectivity index (χ1) is 15.3. The number of alkyl halides is 3. The number of benzene rings is 2. The van der Waals surface area contributed by atoms with Crippen LogP contribution in [0.3, 0.4) is 0 Å². The number of para-hydroxylation sites is 1. The van der Waals surface area contributed by atoms with Crippen molar-refractivity contribution in [3.8, 4) is 16.9 Å².